The van der Waals surface area contributed by atoms with Gasteiger partial charge in [0.05, 0.1) is 28.4 Å². The van der Waals surface area contributed by atoms with E-state index in [1.165, 1.54) is 0 Å². The second-order valence-corrected chi connectivity index (χ2v) is 7.84. The topological polar surface area (TPSA) is 64.0 Å². The average Bonchev–Trinajstić information content (AvgIpc) is 3.30. The van der Waals surface area contributed by atoms with Gasteiger partial charge in [-0.2, -0.15) is 5.26 Å². The van der Waals surface area contributed by atoms with Crippen molar-refractivity contribution in [1.82, 2.24) is 4.90 Å². The summed E-state index contributed by atoms with van der Waals surface area (Å²) in [6.45, 7) is 0.920. The Hall–Kier alpha value is -3.33. The fraction of sp³-hybridized carbons (Fsp3) is 0.400. The Bertz CT molecular complexity index is 1040. The van der Waals surface area contributed by atoms with Crippen molar-refractivity contribution in [2.24, 2.45) is 0 Å². The Morgan fingerprint density at radius 3 is 2.16 bits per heavy atom. The van der Waals surface area contributed by atoms with Crippen LogP contribution in [0.15, 0.2) is 42.1 Å². The Balaban J connectivity index is 1.90. The van der Waals surface area contributed by atoms with Crippen LogP contribution in [0.3, 0.4) is 0 Å². The van der Waals surface area contributed by atoms with Gasteiger partial charge in [-0.1, -0.05) is 12.1 Å². The minimum absolute atomic E-state index is 0.0620. The third-order valence-electron chi connectivity index (χ3n) is 6.39. The van der Waals surface area contributed by atoms with Crippen molar-refractivity contribution in [3.8, 4) is 29.1 Å². The van der Waals surface area contributed by atoms with E-state index >= 15 is 0 Å². The fourth-order valence-electron chi connectivity index (χ4n) is 4.92. The smallest absolute Gasteiger partial charge is 0.161 e. The lowest BCUT2D eigenvalue weighted by Gasteiger charge is -2.38. The number of fused-ring (bicyclic) bond motifs is 1. The van der Waals surface area contributed by atoms with Gasteiger partial charge in [0.1, 0.15) is 11.8 Å². The van der Waals surface area contributed by atoms with Gasteiger partial charge < -0.3 is 23.8 Å². The first-order valence-corrected chi connectivity index (χ1v) is 10.5. The van der Waals surface area contributed by atoms with Gasteiger partial charge in [-0.15, -0.1) is 0 Å². The summed E-state index contributed by atoms with van der Waals surface area (Å²) >= 11 is 0. The molecule has 4 rings (SSSR count). The van der Waals surface area contributed by atoms with Gasteiger partial charge in [-0.05, 0) is 54.7 Å². The molecule has 0 aromatic heterocycles. The first-order valence-electron chi connectivity index (χ1n) is 10.5. The highest BCUT2D eigenvalue weighted by Gasteiger charge is 2.39. The van der Waals surface area contributed by atoms with Crippen LogP contribution in [0.4, 0.5) is 0 Å². The molecule has 0 amide bonds. The molecule has 2 heterocycles. The van der Waals surface area contributed by atoms with Crippen LogP contribution in [0.5, 0.6) is 23.0 Å². The Kier molecular flexibility index (Phi) is 5.94. The normalized spacial score (nSPS) is 20.2. The van der Waals surface area contributed by atoms with Crippen molar-refractivity contribution < 1.29 is 18.9 Å². The van der Waals surface area contributed by atoms with Gasteiger partial charge in [-0.3, -0.25) is 0 Å². The van der Waals surface area contributed by atoms with Gasteiger partial charge >= 0.3 is 0 Å². The minimum Gasteiger partial charge on any atom is -0.493 e. The van der Waals surface area contributed by atoms with E-state index in [9.17, 15) is 5.26 Å². The number of methoxy groups -OCH3 is 4. The van der Waals surface area contributed by atoms with Crippen molar-refractivity contribution in [3.63, 3.8) is 0 Å². The van der Waals surface area contributed by atoms with Gasteiger partial charge in [0.15, 0.2) is 23.0 Å². The van der Waals surface area contributed by atoms with Crippen LogP contribution in [0.1, 0.15) is 36.3 Å². The van der Waals surface area contributed by atoms with E-state index in [0.717, 1.165) is 48.2 Å². The summed E-state index contributed by atoms with van der Waals surface area (Å²) in [5, 5.41) is 10.2. The maximum atomic E-state index is 10.2. The summed E-state index contributed by atoms with van der Waals surface area (Å²) in [7, 11) is 6.54. The van der Waals surface area contributed by atoms with Crippen molar-refractivity contribution in [2.45, 2.75) is 31.2 Å². The first kappa shape index (κ1) is 20.9. The number of nitriles is 1. The second kappa shape index (κ2) is 8.81. The summed E-state index contributed by atoms with van der Waals surface area (Å²) in [4.78, 5) is 2.28. The number of hydrogen-bond donors (Lipinski definition) is 0. The SMILES string of the molecule is COc1ccc(C2=C(C#N)N3CCC[C@@H]3C[C@@H]2c2ccc(OC)c(OC)c2)cc1OC. The van der Waals surface area contributed by atoms with Crippen LogP contribution in [0.2, 0.25) is 0 Å². The molecule has 6 nitrogen and oxygen atoms in total. The molecule has 0 unspecified atom stereocenters. The summed E-state index contributed by atoms with van der Waals surface area (Å²) in [5.74, 6) is 2.77. The number of hydrogen-bond acceptors (Lipinski definition) is 6. The maximum absolute atomic E-state index is 10.2. The van der Waals surface area contributed by atoms with E-state index in [4.69, 9.17) is 18.9 Å². The largest absolute Gasteiger partial charge is 0.493 e. The molecule has 2 aromatic carbocycles. The van der Waals surface area contributed by atoms with Crippen LogP contribution >= 0.6 is 0 Å². The average molecular weight is 421 g/mol. The van der Waals surface area contributed by atoms with E-state index in [1.54, 1.807) is 28.4 Å². The summed E-state index contributed by atoms with van der Waals surface area (Å²) in [6.07, 6.45) is 3.16. The molecule has 0 bridgehead atoms. The van der Waals surface area contributed by atoms with E-state index < -0.39 is 0 Å². The molecular weight excluding hydrogens is 392 g/mol. The van der Waals surface area contributed by atoms with Crippen LogP contribution in [-0.4, -0.2) is 45.9 Å². The molecule has 1 saturated heterocycles. The summed E-state index contributed by atoms with van der Waals surface area (Å²) < 4.78 is 22.0. The predicted octanol–water partition coefficient (Wildman–Crippen LogP) is 4.61. The van der Waals surface area contributed by atoms with Crippen molar-refractivity contribution in [2.75, 3.05) is 35.0 Å². The lowest BCUT2D eigenvalue weighted by atomic mass is 9.78. The predicted molar refractivity (Wildman–Crippen MR) is 119 cm³/mol. The molecule has 0 N–H and O–H groups in total. The number of benzene rings is 2. The number of ether oxygens (including phenoxy) is 4. The lowest BCUT2D eigenvalue weighted by Crippen LogP contribution is -2.35. The van der Waals surface area contributed by atoms with Gasteiger partial charge in [0, 0.05) is 24.1 Å². The van der Waals surface area contributed by atoms with E-state index in [-0.39, 0.29) is 5.92 Å². The molecule has 2 aromatic rings. The molecule has 0 spiro atoms. The fourth-order valence-corrected chi connectivity index (χ4v) is 4.92. The van der Waals surface area contributed by atoms with E-state index in [1.807, 2.05) is 30.3 Å². The highest BCUT2D eigenvalue weighted by atomic mass is 16.5. The Morgan fingerprint density at radius 1 is 0.871 bits per heavy atom. The molecular formula is C25H28N2O4. The van der Waals surface area contributed by atoms with Crippen molar-refractivity contribution in [1.29, 1.82) is 5.26 Å². The van der Waals surface area contributed by atoms with Crippen LogP contribution in [-0.2, 0) is 0 Å². The summed E-state index contributed by atoms with van der Waals surface area (Å²) in [6, 6.07) is 14.8. The number of nitrogens with zero attached hydrogens (tertiary/aromatic N) is 2. The standard InChI is InChI=1S/C25H28N2O4/c1-28-21-9-7-16(12-23(21)30-3)19-14-18-6-5-11-27(18)20(15-26)25(19)17-8-10-22(29-2)24(13-17)31-4/h7-10,12-13,18-19H,5-6,11,14H2,1-4H3/t18-,19-/m1/s1. The van der Waals surface area contributed by atoms with Crippen LogP contribution in [0.25, 0.3) is 5.57 Å². The second-order valence-electron chi connectivity index (χ2n) is 7.84. The number of allylic oxidation sites excluding steroid dienone is 2. The van der Waals surface area contributed by atoms with Gasteiger partial charge in [0.25, 0.3) is 0 Å². The molecule has 1 fully saturated rings. The monoisotopic (exact) mass is 420 g/mol. The lowest BCUT2D eigenvalue weighted by molar-refractivity contribution is 0.293. The molecule has 6 heteroatoms. The molecule has 31 heavy (non-hydrogen) atoms. The molecule has 2 aliphatic rings. The first-order chi connectivity index (χ1) is 15.1. The third kappa shape index (κ3) is 3.65. The van der Waals surface area contributed by atoms with E-state index in [2.05, 4.69) is 17.0 Å². The Labute approximate surface area is 183 Å². The molecule has 162 valence electrons. The van der Waals surface area contributed by atoms with Gasteiger partial charge in [-0.25, -0.2) is 0 Å². The van der Waals surface area contributed by atoms with Crippen molar-refractivity contribution in [3.05, 3.63) is 53.2 Å². The molecule has 0 saturated carbocycles. The Morgan fingerprint density at radius 2 is 1.52 bits per heavy atom. The summed E-state index contributed by atoms with van der Waals surface area (Å²) in [5.41, 5.74) is 3.86. The highest BCUT2D eigenvalue weighted by Crippen LogP contribution is 2.48. The molecule has 2 atom stereocenters. The molecule has 0 aliphatic carbocycles. The van der Waals surface area contributed by atoms with Gasteiger partial charge in [0.2, 0.25) is 0 Å². The zero-order chi connectivity index (χ0) is 22.0. The zero-order valence-electron chi connectivity index (χ0n) is 18.5. The number of rotatable bonds is 6. The third-order valence-corrected chi connectivity index (χ3v) is 6.39. The van der Waals surface area contributed by atoms with Crippen LogP contribution in [0, 0.1) is 11.3 Å². The highest BCUT2D eigenvalue weighted by molar-refractivity contribution is 5.79. The zero-order valence-corrected chi connectivity index (χ0v) is 18.5. The molecule has 0 radical (unpaired) electrons. The van der Waals surface area contributed by atoms with Crippen LogP contribution < -0.4 is 18.9 Å². The quantitative estimate of drug-likeness (QED) is 0.680. The van der Waals surface area contributed by atoms with E-state index in [0.29, 0.717) is 29.0 Å². The molecule has 2 aliphatic heterocycles. The van der Waals surface area contributed by atoms with Crippen molar-refractivity contribution >= 4 is 5.57 Å². The minimum atomic E-state index is 0.0620. The maximum Gasteiger partial charge on any atom is 0.161 e.